The van der Waals surface area contributed by atoms with Gasteiger partial charge in [-0.05, 0) is 47.8 Å². The Balaban J connectivity index is 1.60. The summed E-state index contributed by atoms with van der Waals surface area (Å²) < 4.78 is 0. The van der Waals surface area contributed by atoms with Crippen LogP contribution in [0.5, 0.6) is 0 Å². The van der Waals surface area contributed by atoms with Crippen LogP contribution in [0.3, 0.4) is 0 Å². The largest absolute Gasteiger partial charge is 0.289 e. The van der Waals surface area contributed by atoms with Gasteiger partial charge in [0.05, 0.1) is 0 Å². The highest BCUT2D eigenvalue weighted by atomic mass is 32.2. The maximum absolute atomic E-state index is 13.4. The Labute approximate surface area is 180 Å². The second-order valence-electron chi connectivity index (χ2n) is 6.28. The van der Waals surface area contributed by atoms with Gasteiger partial charge < -0.3 is 0 Å². The molecule has 2 aromatic heterocycles. The summed E-state index contributed by atoms with van der Waals surface area (Å²) in [7, 11) is 0. The molecule has 0 fully saturated rings. The number of hydrogen-bond donors (Lipinski definition) is 0. The second-order valence-corrected chi connectivity index (χ2v) is 8.30. The average Bonchev–Trinajstić information content (AvgIpc) is 2.79. The summed E-state index contributed by atoms with van der Waals surface area (Å²) in [6.45, 7) is 0. The molecule has 0 N–H and O–H groups in total. The Morgan fingerprint density at radius 1 is 0.533 bits per heavy atom. The molecule has 0 bridgehead atoms. The third kappa shape index (κ3) is 3.30. The normalized spacial score (nSPS) is 12.4. The van der Waals surface area contributed by atoms with Gasteiger partial charge in [-0.15, -0.1) is 0 Å². The summed E-state index contributed by atoms with van der Waals surface area (Å²) in [5, 5.41) is 1.03. The van der Waals surface area contributed by atoms with E-state index in [4.69, 9.17) is 0 Å². The number of hydrogen-bond acceptors (Lipinski definition) is 8. The molecule has 0 aliphatic heterocycles. The fraction of sp³-hybridized carbons (Fsp3) is 0. The first kappa shape index (κ1) is 18.7. The predicted octanol–water partition coefficient (Wildman–Crippen LogP) is 4.34. The molecule has 0 spiro atoms. The van der Waals surface area contributed by atoms with E-state index in [1.807, 2.05) is 12.1 Å². The molecule has 1 aliphatic carbocycles. The van der Waals surface area contributed by atoms with Crippen molar-refractivity contribution in [2.45, 2.75) is 20.1 Å². The van der Waals surface area contributed by atoms with Gasteiger partial charge in [-0.1, -0.05) is 24.3 Å². The minimum absolute atomic E-state index is 0.185. The third-order valence-electron chi connectivity index (χ3n) is 4.48. The highest BCUT2D eigenvalue weighted by Gasteiger charge is 2.34. The molecule has 2 heterocycles. The van der Waals surface area contributed by atoms with Gasteiger partial charge in [0, 0.05) is 56.8 Å². The lowest BCUT2D eigenvalue weighted by Crippen LogP contribution is -2.22. The molecule has 0 atom stereocenters. The van der Waals surface area contributed by atoms with E-state index in [2.05, 4.69) is 19.9 Å². The summed E-state index contributed by atoms with van der Waals surface area (Å²) in [5.74, 6) is -0.370. The Morgan fingerprint density at radius 3 is 1.33 bits per heavy atom. The highest BCUT2D eigenvalue weighted by Crippen LogP contribution is 2.39. The summed E-state index contributed by atoms with van der Waals surface area (Å²) in [6.07, 6.45) is 6.56. The van der Waals surface area contributed by atoms with E-state index in [9.17, 15) is 9.59 Å². The van der Waals surface area contributed by atoms with Crippen molar-refractivity contribution in [3.05, 3.63) is 95.6 Å². The predicted molar refractivity (Wildman–Crippen MR) is 112 cm³/mol. The molecular weight excluding hydrogens is 416 g/mol. The van der Waals surface area contributed by atoms with Gasteiger partial charge in [0.15, 0.2) is 21.9 Å². The number of benzene rings is 2. The minimum atomic E-state index is -0.185. The van der Waals surface area contributed by atoms with Gasteiger partial charge >= 0.3 is 0 Å². The summed E-state index contributed by atoms with van der Waals surface area (Å²) >= 11 is 2.54. The SMILES string of the molecule is O=C1c2cccc(Sc3ncccn3)c2C(=O)c2cccc(Sc3ncccn3)c21. The zero-order chi connectivity index (χ0) is 20.5. The Morgan fingerprint density at radius 2 is 0.933 bits per heavy atom. The summed E-state index contributed by atoms with van der Waals surface area (Å²) in [6, 6.07) is 14.0. The van der Waals surface area contributed by atoms with Gasteiger partial charge in [0.25, 0.3) is 0 Å². The zero-order valence-electron chi connectivity index (χ0n) is 15.4. The number of carbonyl (C=O) groups is 2. The van der Waals surface area contributed by atoms with E-state index >= 15 is 0 Å². The quantitative estimate of drug-likeness (QED) is 0.391. The molecule has 8 heteroatoms. The topological polar surface area (TPSA) is 85.7 Å². The maximum atomic E-state index is 13.4. The Bertz CT molecular complexity index is 1180. The van der Waals surface area contributed by atoms with Gasteiger partial charge in [0.1, 0.15) is 0 Å². The van der Waals surface area contributed by atoms with Gasteiger partial charge in [-0.25, -0.2) is 19.9 Å². The van der Waals surface area contributed by atoms with E-state index < -0.39 is 0 Å². The molecule has 5 rings (SSSR count). The van der Waals surface area contributed by atoms with E-state index in [-0.39, 0.29) is 11.6 Å². The Hall–Kier alpha value is -3.36. The number of fused-ring (bicyclic) bond motifs is 2. The van der Waals surface area contributed by atoms with Crippen LogP contribution in [-0.4, -0.2) is 31.5 Å². The first-order chi connectivity index (χ1) is 14.7. The van der Waals surface area contributed by atoms with Crippen LogP contribution in [0.4, 0.5) is 0 Å². The fourth-order valence-corrected chi connectivity index (χ4v) is 4.97. The van der Waals surface area contributed by atoms with E-state index in [0.29, 0.717) is 42.4 Å². The number of aromatic nitrogens is 4. The smallest absolute Gasteiger partial charge is 0.195 e. The molecule has 6 nitrogen and oxygen atoms in total. The van der Waals surface area contributed by atoms with Gasteiger partial charge in [-0.2, -0.15) is 0 Å². The third-order valence-corrected chi connectivity index (χ3v) is 6.39. The van der Waals surface area contributed by atoms with Crippen molar-refractivity contribution in [1.29, 1.82) is 0 Å². The molecule has 144 valence electrons. The lowest BCUT2D eigenvalue weighted by atomic mass is 9.84. The number of ketones is 2. The molecule has 2 aromatic carbocycles. The molecule has 0 saturated carbocycles. The highest BCUT2D eigenvalue weighted by molar-refractivity contribution is 7.99. The first-order valence-corrected chi connectivity index (χ1v) is 10.6. The van der Waals surface area contributed by atoms with Gasteiger partial charge in [0.2, 0.25) is 0 Å². The van der Waals surface area contributed by atoms with Crippen LogP contribution < -0.4 is 0 Å². The van der Waals surface area contributed by atoms with Crippen molar-refractivity contribution >= 4 is 35.1 Å². The molecule has 0 saturated heterocycles. The molecular formula is C22H12N4O2S2. The molecule has 30 heavy (non-hydrogen) atoms. The Kier molecular flexibility index (Phi) is 4.86. The van der Waals surface area contributed by atoms with Crippen molar-refractivity contribution < 1.29 is 9.59 Å². The zero-order valence-corrected chi connectivity index (χ0v) is 17.0. The fourth-order valence-electron chi connectivity index (χ4n) is 3.22. The van der Waals surface area contributed by atoms with Crippen LogP contribution in [0, 0.1) is 0 Å². The van der Waals surface area contributed by atoms with Crippen molar-refractivity contribution in [2.75, 3.05) is 0 Å². The van der Waals surface area contributed by atoms with E-state index in [0.717, 1.165) is 0 Å². The molecule has 0 radical (unpaired) electrons. The van der Waals surface area contributed by atoms with Crippen LogP contribution in [0.2, 0.25) is 0 Å². The standard InChI is InChI=1S/C22H12N4O2S2/c27-19-13-5-1-7-15(29-21-23-9-3-10-24-21)17(13)20(28)14-6-2-8-16(18(14)19)30-22-25-11-4-12-26-22/h1-12H. The van der Waals surface area contributed by atoms with Crippen molar-refractivity contribution in [2.24, 2.45) is 0 Å². The summed E-state index contributed by atoms with van der Waals surface area (Å²) in [5.41, 5.74) is 1.56. The van der Waals surface area contributed by atoms with E-state index in [1.165, 1.54) is 23.5 Å². The van der Waals surface area contributed by atoms with Crippen LogP contribution in [0.15, 0.2) is 93.4 Å². The van der Waals surface area contributed by atoms with Crippen molar-refractivity contribution in [3.63, 3.8) is 0 Å². The van der Waals surface area contributed by atoms with Crippen molar-refractivity contribution in [3.8, 4) is 0 Å². The van der Waals surface area contributed by atoms with E-state index in [1.54, 1.807) is 61.2 Å². The van der Waals surface area contributed by atoms with Crippen LogP contribution in [-0.2, 0) is 0 Å². The summed E-state index contributed by atoms with van der Waals surface area (Å²) in [4.78, 5) is 45.0. The van der Waals surface area contributed by atoms with Gasteiger partial charge in [-0.3, -0.25) is 9.59 Å². The minimum Gasteiger partial charge on any atom is -0.289 e. The van der Waals surface area contributed by atoms with Crippen LogP contribution in [0.1, 0.15) is 31.8 Å². The van der Waals surface area contributed by atoms with Crippen LogP contribution >= 0.6 is 23.5 Å². The number of rotatable bonds is 4. The number of nitrogens with zero attached hydrogens (tertiary/aromatic N) is 4. The molecule has 0 amide bonds. The lowest BCUT2D eigenvalue weighted by molar-refractivity contribution is 0.0974. The molecule has 4 aromatic rings. The average molecular weight is 428 g/mol. The molecule has 1 aliphatic rings. The van der Waals surface area contributed by atoms with Crippen molar-refractivity contribution in [1.82, 2.24) is 19.9 Å². The maximum Gasteiger partial charge on any atom is 0.195 e. The molecule has 0 unspecified atom stereocenters. The monoisotopic (exact) mass is 428 g/mol. The van der Waals surface area contributed by atoms with Crippen LogP contribution in [0.25, 0.3) is 0 Å². The number of carbonyl (C=O) groups excluding carboxylic acids is 2. The lowest BCUT2D eigenvalue weighted by Gasteiger charge is -2.21. The first-order valence-electron chi connectivity index (χ1n) is 8.97. The second kappa shape index (κ2) is 7.81.